The van der Waals surface area contributed by atoms with Gasteiger partial charge in [0.2, 0.25) is 0 Å². The molecule has 6 nitrogen and oxygen atoms in total. The van der Waals surface area contributed by atoms with E-state index in [0.717, 1.165) is 6.08 Å². The maximum Gasteiger partial charge on any atom is 0.333 e. The number of epoxide rings is 1. The zero-order valence-electron chi connectivity index (χ0n) is 12.1. The number of ether oxygens (including phenoxy) is 4. The first-order chi connectivity index (χ1) is 9.97. The summed E-state index contributed by atoms with van der Waals surface area (Å²) in [4.78, 5) is 23.4. The summed E-state index contributed by atoms with van der Waals surface area (Å²) in [6.45, 7) is 9.51. The molecule has 21 heavy (non-hydrogen) atoms. The molecular formula is C15H20O6. The van der Waals surface area contributed by atoms with E-state index in [-0.39, 0.29) is 11.7 Å². The summed E-state index contributed by atoms with van der Waals surface area (Å²) >= 11 is 0. The molecule has 2 heterocycles. The van der Waals surface area contributed by atoms with Crippen LogP contribution in [0.4, 0.5) is 0 Å². The van der Waals surface area contributed by atoms with E-state index in [4.69, 9.17) is 18.9 Å². The molecular weight excluding hydrogens is 276 g/mol. The molecule has 2 rings (SSSR count). The molecule has 3 atom stereocenters. The molecule has 0 aliphatic carbocycles. The van der Waals surface area contributed by atoms with E-state index in [1.165, 1.54) is 0 Å². The fourth-order valence-corrected chi connectivity index (χ4v) is 2.25. The number of carbonyl (C=O) groups excluding carboxylic acids is 2. The second-order valence-corrected chi connectivity index (χ2v) is 5.26. The van der Waals surface area contributed by atoms with Gasteiger partial charge >= 0.3 is 11.9 Å². The SMILES string of the molecule is C=CC(=O)OC1(CC2CO2)OCCCC1OC(=O)C(=C)C. The highest BCUT2D eigenvalue weighted by molar-refractivity contribution is 5.87. The van der Waals surface area contributed by atoms with E-state index in [1.54, 1.807) is 6.92 Å². The zero-order valence-corrected chi connectivity index (χ0v) is 12.1. The Morgan fingerprint density at radius 2 is 2.19 bits per heavy atom. The van der Waals surface area contributed by atoms with Crippen molar-refractivity contribution in [2.75, 3.05) is 13.2 Å². The first kappa shape index (κ1) is 15.7. The number of esters is 2. The summed E-state index contributed by atoms with van der Waals surface area (Å²) in [6.07, 6.45) is 1.94. The smallest absolute Gasteiger partial charge is 0.333 e. The average Bonchev–Trinajstić information content (AvgIpc) is 3.24. The molecule has 0 radical (unpaired) electrons. The lowest BCUT2D eigenvalue weighted by molar-refractivity contribution is -0.291. The van der Waals surface area contributed by atoms with Crippen LogP contribution in [0.1, 0.15) is 26.2 Å². The third kappa shape index (κ3) is 3.92. The van der Waals surface area contributed by atoms with Crippen LogP contribution in [0.2, 0.25) is 0 Å². The largest absolute Gasteiger partial charge is 0.452 e. The summed E-state index contributed by atoms with van der Waals surface area (Å²) in [5.74, 6) is -2.45. The predicted molar refractivity (Wildman–Crippen MR) is 73.3 cm³/mol. The minimum atomic E-state index is -1.31. The van der Waals surface area contributed by atoms with E-state index >= 15 is 0 Å². The quantitative estimate of drug-likeness (QED) is 0.420. The molecule has 0 bridgehead atoms. The molecule has 0 saturated carbocycles. The Kier molecular flexibility index (Phi) is 4.80. The molecule has 2 saturated heterocycles. The summed E-state index contributed by atoms with van der Waals surface area (Å²) in [5.41, 5.74) is 0.284. The maximum atomic E-state index is 11.8. The fraction of sp³-hybridized carbons (Fsp3) is 0.600. The van der Waals surface area contributed by atoms with Gasteiger partial charge in [-0.1, -0.05) is 13.2 Å². The van der Waals surface area contributed by atoms with Crippen molar-refractivity contribution in [3.05, 3.63) is 24.8 Å². The summed E-state index contributed by atoms with van der Waals surface area (Å²) in [7, 11) is 0. The van der Waals surface area contributed by atoms with Gasteiger partial charge in [-0.25, -0.2) is 9.59 Å². The van der Waals surface area contributed by atoms with Crippen LogP contribution in [0.3, 0.4) is 0 Å². The minimum Gasteiger partial charge on any atom is -0.452 e. The Balaban J connectivity index is 2.18. The van der Waals surface area contributed by atoms with Gasteiger partial charge in [0.05, 0.1) is 19.3 Å². The van der Waals surface area contributed by atoms with Gasteiger partial charge in [-0.2, -0.15) is 0 Å². The Bertz CT molecular complexity index is 453. The number of hydrogen-bond acceptors (Lipinski definition) is 6. The minimum absolute atomic E-state index is 0.0493. The van der Waals surface area contributed by atoms with Crippen LogP contribution < -0.4 is 0 Å². The van der Waals surface area contributed by atoms with Crippen molar-refractivity contribution >= 4 is 11.9 Å². The van der Waals surface area contributed by atoms with E-state index < -0.39 is 23.8 Å². The van der Waals surface area contributed by atoms with Crippen LogP contribution in [-0.4, -0.2) is 43.1 Å². The molecule has 2 aliphatic rings. The van der Waals surface area contributed by atoms with Gasteiger partial charge in [0.1, 0.15) is 0 Å². The first-order valence-electron chi connectivity index (χ1n) is 6.94. The van der Waals surface area contributed by atoms with E-state index in [2.05, 4.69) is 13.2 Å². The van der Waals surface area contributed by atoms with Crippen molar-refractivity contribution in [2.24, 2.45) is 0 Å². The van der Waals surface area contributed by atoms with Gasteiger partial charge in [0, 0.05) is 18.1 Å². The highest BCUT2D eigenvalue weighted by atomic mass is 16.7. The lowest BCUT2D eigenvalue weighted by atomic mass is 9.96. The van der Waals surface area contributed by atoms with Crippen molar-refractivity contribution in [3.63, 3.8) is 0 Å². The highest BCUT2D eigenvalue weighted by Gasteiger charge is 2.51. The van der Waals surface area contributed by atoms with E-state index in [9.17, 15) is 9.59 Å². The second-order valence-electron chi connectivity index (χ2n) is 5.26. The van der Waals surface area contributed by atoms with Gasteiger partial charge in [0.15, 0.2) is 6.10 Å². The molecule has 0 amide bonds. The van der Waals surface area contributed by atoms with Crippen molar-refractivity contribution in [3.8, 4) is 0 Å². The van der Waals surface area contributed by atoms with Crippen molar-refractivity contribution < 1.29 is 28.5 Å². The summed E-state index contributed by atoms with van der Waals surface area (Å²) in [6, 6.07) is 0. The Hall–Kier alpha value is -1.66. The van der Waals surface area contributed by atoms with Crippen LogP contribution >= 0.6 is 0 Å². The molecule has 116 valence electrons. The van der Waals surface area contributed by atoms with Crippen LogP contribution in [0.15, 0.2) is 24.8 Å². The van der Waals surface area contributed by atoms with Crippen molar-refractivity contribution in [1.82, 2.24) is 0 Å². The highest BCUT2D eigenvalue weighted by Crippen LogP contribution is 2.37. The first-order valence-corrected chi connectivity index (χ1v) is 6.94. The van der Waals surface area contributed by atoms with Crippen LogP contribution in [0, 0.1) is 0 Å². The average molecular weight is 296 g/mol. The molecule has 6 heteroatoms. The number of hydrogen-bond donors (Lipinski definition) is 0. The maximum absolute atomic E-state index is 11.8. The Morgan fingerprint density at radius 1 is 1.48 bits per heavy atom. The van der Waals surface area contributed by atoms with Gasteiger partial charge in [-0.05, 0) is 19.8 Å². The van der Waals surface area contributed by atoms with Gasteiger partial charge < -0.3 is 18.9 Å². The monoisotopic (exact) mass is 296 g/mol. The summed E-state index contributed by atoms with van der Waals surface area (Å²) in [5, 5.41) is 0. The number of carbonyl (C=O) groups is 2. The van der Waals surface area contributed by atoms with E-state index in [0.29, 0.717) is 32.5 Å². The Morgan fingerprint density at radius 3 is 2.76 bits per heavy atom. The fourth-order valence-electron chi connectivity index (χ4n) is 2.25. The van der Waals surface area contributed by atoms with Crippen LogP contribution in [-0.2, 0) is 28.5 Å². The lowest BCUT2D eigenvalue weighted by Crippen LogP contribution is -2.54. The van der Waals surface area contributed by atoms with Crippen molar-refractivity contribution in [1.29, 1.82) is 0 Å². The van der Waals surface area contributed by atoms with Gasteiger partial charge in [-0.15, -0.1) is 0 Å². The third-order valence-electron chi connectivity index (χ3n) is 3.40. The van der Waals surface area contributed by atoms with Gasteiger partial charge in [0.25, 0.3) is 5.79 Å². The second kappa shape index (κ2) is 6.41. The zero-order chi connectivity index (χ0) is 15.5. The van der Waals surface area contributed by atoms with Gasteiger partial charge in [-0.3, -0.25) is 0 Å². The van der Waals surface area contributed by atoms with Crippen molar-refractivity contribution in [2.45, 2.75) is 44.2 Å². The lowest BCUT2D eigenvalue weighted by Gasteiger charge is -2.41. The molecule has 0 aromatic heterocycles. The molecule has 3 unspecified atom stereocenters. The Labute approximate surface area is 123 Å². The molecule has 2 aliphatic heterocycles. The standard InChI is InChI=1S/C15H20O6/c1-4-13(16)21-15(8-11-9-18-11)12(6-5-7-19-15)20-14(17)10(2)3/h4,11-12H,1-2,5-9H2,3H3. The molecule has 0 aromatic rings. The topological polar surface area (TPSA) is 74.4 Å². The number of rotatable bonds is 6. The van der Waals surface area contributed by atoms with E-state index in [1.807, 2.05) is 0 Å². The predicted octanol–water partition coefficient (Wildman–Crippen LogP) is 1.50. The normalized spacial score (nSPS) is 31.1. The van der Waals surface area contributed by atoms with Crippen LogP contribution in [0.25, 0.3) is 0 Å². The molecule has 2 fully saturated rings. The van der Waals surface area contributed by atoms with Crippen LogP contribution in [0.5, 0.6) is 0 Å². The summed E-state index contributed by atoms with van der Waals surface area (Å²) < 4.78 is 21.7. The molecule has 0 N–H and O–H groups in total. The molecule has 0 spiro atoms. The molecule has 0 aromatic carbocycles. The third-order valence-corrected chi connectivity index (χ3v) is 3.40.